The van der Waals surface area contributed by atoms with Gasteiger partial charge in [0.05, 0.1) is 4.92 Å². The molecule has 0 unspecified atom stereocenters. The second kappa shape index (κ2) is 6.11. The van der Waals surface area contributed by atoms with E-state index in [-0.39, 0.29) is 5.69 Å². The van der Waals surface area contributed by atoms with E-state index in [0.717, 1.165) is 12.8 Å². The van der Waals surface area contributed by atoms with E-state index in [1.165, 1.54) is 44.2 Å². The second-order valence-electron chi connectivity index (χ2n) is 5.61. The molecule has 0 aliphatic heterocycles. The van der Waals surface area contributed by atoms with Crippen molar-refractivity contribution in [3.8, 4) is 0 Å². The standard InChI is InChI=1S/C15H19N3O3/c19-18(20)12-8-9-14-13(10-12)17-15(21-14)16-11-6-4-2-1-3-5-7-11/h8-11H,1-7H2,(H,16,17). The van der Waals surface area contributed by atoms with Gasteiger partial charge in [-0.3, -0.25) is 10.1 Å². The van der Waals surface area contributed by atoms with Crippen LogP contribution in [0.1, 0.15) is 44.9 Å². The van der Waals surface area contributed by atoms with Gasteiger partial charge in [0.15, 0.2) is 5.58 Å². The number of benzene rings is 1. The fourth-order valence-corrected chi connectivity index (χ4v) is 2.87. The minimum absolute atomic E-state index is 0.0355. The van der Waals surface area contributed by atoms with E-state index in [2.05, 4.69) is 10.3 Å². The van der Waals surface area contributed by atoms with E-state index in [0.29, 0.717) is 23.2 Å². The van der Waals surface area contributed by atoms with Gasteiger partial charge in [0.1, 0.15) is 5.52 Å². The second-order valence-corrected chi connectivity index (χ2v) is 5.61. The maximum absolute atomic E-state index is 10.8. The smallest absolute Gasteiger partial charge is 0.295 e. The Balaban J connectivity index is 1.75. The number of nitro groups is 1. The molecule has 0 amide bonds. The number of nitro benzene ring substituents is 1. The van der Waals surface area contributed by atoms with Gasteiger partial charge in [0.2, 0.25) is 0 Å². The van der Waals surface area contributed by atoms with Gasteiger partial charge >= 0.3 is 0 Å². The van der Waals surface area contributed by atoms with Crippen LogP contribution >= 0.6 is 0 Å². The average molecular weight is 289 g/mol. The van der Waals surface area contributed by atoms with E-state index in [1.54, 1.807) is 6.07 Å². The molecule has 1 N–H and O–H groups in total. The maximum Gasteiger partial charge on any atom is 0.295 e. The number of nitrogens with zero attached hydrogens (tertiary/aromatic N) is 2. The first-order valence-electron chi connectivity index (χ1n) is 7.54. The predicted molar refractivity (Wildman–Crippen MR) is 80.4 cm³/mol. The Morgan fingerprint density at radius 2 is 1.90 bits per heavy atom. The molecule has 0 saturated heterocycles. The van der Waals surface area contributed by atoms with Crippen LogP contribution in [0.15, 0.2) is 22.6 Å². The van der Waals surface area contributed by atoms with Crippen LogP contribution in [0.4, 0.5) is 11.7 Å². The summed E-state index contributed by atoms with van der Waals surface area (Å²) in [5, 5.41) is 14.1. The van der Waals surface area contributed by atoms with Crippen LogP contribution < -0.4 is 5.32 Å². The molecule has 0 bridgehead atoms. The van der Waals surface area contributed by atoms with Gasteiger partial charge in [-0.05, 0) is 18.9 Å². The Morgan fingerprint density at radius 3 is 2.62 bits per heavy atom. The van der Waals surface area contributed by atoms with Crippen molar-refractivity contribution in [2.45, 2.75) is 51.0 Å². The van der Waals surface area contributed by atoms with Gasteiger partial charge in [0.25, 0.3) is 11.7 Å². The van der Waals surface area contributed by atoms with Crippen molar-refractivity contribution in [3.05, 3.63) is 28.3 Å². The number of non-ortho nitro benzene ring substituents is 1. The van der Waals surface area contributed by atoms with Gasteiger partial charge in [-0.15, -0.1) is 0 Å². The van der Waals surface area contributed by atoms with Crippen molar-refractivity contribution in [2.75, 3.05) is 5.32 Å². The average Bonchev–Trinajstić information content (AvgIpc) is 2.82. The van der Waals surface area contributed by atoms with E-state index in [4.69, 9.17) is 4.42 Å². The zero-order valence-electron chi connectivity index (χ0n) is 11.9. The number of oxazole rings is 1. The Bertz CT molecular complexity index is 630. The predicted octanol–water partition coefficient (Wildman–Crippen LogP) is 4.26. The van der Waals surface area contributed by atoms with Crippen molar-refractivity contribution in [1.29, 1.82) is 0 Å². The molecule has 2 aromatic rings. The van der Waals surface area contributed by atoms with Crippen LogP contribution in [-0.2, 0) is 0 Å². The first-order chi connectivity index (χ1) is 10.2. The molecule has 1 fully saturated rings. The third kappa shape index (κ3) is 3.32. The largest absolute Gasteiger partial charge is 0.424 e. The van der Waals surface area contributed by atoms with Crippen LogP contribution in [0.3, 0.4) is 0 Å². The highest BCUT2D eigenvalue weighted by atomic mass is 16.6. The van der Waals surface area contributed by atoms with Crippen LogP contribution in [0, 0.1) is 10.1 Å². The zero-order chi connectivity index (χ0) is 14.7. The Hall–Kier alpha value is -2.11. The molecule has 112 valence electrons. The summed E-state index contributed by atoms with van der Waals surface area (Å²) >= 11 is 0. The van der Waals surface area contributed by atoms with E-state index >= 15 is 0 Å². The third-order valence-electron chi connectivity index (χ3n) is 4.01. The number of nitrogens with one attached hydrogen (secondary N) is 1. The first kappa shape index (κ1) is 13.9. The van der Waals surface area contributed by atoms with E-state index in [9.17, 15) is 10.1 Å². The highest BCUT2D eigenvalue weighted by Gasteiger charge is 2.16. The lowest BCUT2D eigenvalue weighted by Gasteiger charge is -2.19. The molecule has 0 radical (unpaired) electrons. The molecule has 21 heavy (non-hydrogen) atoms. The first-order valence-corrected chi connectivity index (χ1v) is 7.54. The molecule has 1 saturated carbocycles. The number of aromatic nitrogens is 1. The fraction of sp³-hybridized carbons (Fsp3) is 0.533. The Labute approximate surface area is 122 Å². The lowest BCUT2D eigenvalue weighted by Crippen LogP contribution is -2.20. The monoisotopic (exact) mass is 289 g/mol. The summed E-state index contributed by atoms with van der Waals surface area (Å²) in [6.45, 7) is 0. The maximum atomic E-state index is 10.8. The number of hydrogen-bond donors (Lipinski definition) is 1. The van der Waals surface area contributed by atoms with Gasteiger partial charge in [0, 0.05) is 18.2 Å². The minimum Gasteiger partial charge on any atom is -0.424 e. The molecule has 6 heteroatoms. The normalized spacial score (nSPS) is 17.3. The van der Waals surface area contributed by atoms with Gasteiger partial charge < -0.3 is 9.73 Å². The van der Waals surface area contributed by atoms with Crippen LogP contribution in [0.25, 0.3) is 11.1 Å². The van der Waals surface area contributed by atoms with Crippen molar-refractivity contribution in [3.63, 3.8) is 0 Å². The molecule has 1 aromatic heterocycles. The van der Waals surface area contributed by atoms with Crippen molar-refractivity contribution in [2.24, 2.45) is 0 Å². The summed E-state index contributed by atoms with van der Waals surface area (Å²) < 4.78 is 5.63. The highest BCUT2D eigenvalue weighted by molar-refractivity contribution is 5.77. The van der Waals surface area contributed by atoms with Crippen LogP contribution in [0.2, 0.25) is 0 Å². The van der Waals surface area contributed by atoms with E-state index in [1.807, 2.05) is 0 Å². The lowest BCUT2D eigenvalue weighted by atomic mass is 9.97. The third-order valence-corrected chi connectivity index (χ3v) is 4.01. The topological polar surface area (TPSA) is 81.2 Å². The molecule has 3 rings (SSSR count). The lowest BCUT2D eigenvalue weighted by molar-refractivity contribution is -0.384. The van der Waals surface area contributed by atoms with Crippen LogP contribution in [0.5, 0.6) is 0 Å². The van der Waals surface area contributed by atoms with Crippen LogP contribution in [-0.4, -0.2) is 15.9 Å². The Morgan fingerprint density at radius 1 is 1.19 bits per heavy atom. The molecule has 1 aromatic carbocycles. The molecule has 6 nitrogen and oxygen atoms in total. The molecular formula is C15H19N3O3. The Kier molecular flexibility index (Phi) is 4.03. The number of rotatable bonds is 3. The molecule has 1 aliphatic carbocycles. The summed E-state index contributed by atoms with van der Waals surface area (Å²) in [4.78, 5) is 14.7. The van der Waals surface area contributed by atoms with Crippen molar-refractivity contribution < 1.29 is 9.34 Å². The molecule has 0 atom stereocenters. The molecule has 1 aliphatic rings. The minimum atomic E-state index is -0.421. The fourth-order valence-electron chi connectivity index (χ4n) is 2.87. The molecule has 1 heterocycles. The summed E-state index contributed by atoms with van der Waals surface area (Å²) in [5.41, 5.74) is 1.14. The zero-order valence-corrected chi connectivity index (χ0v) is 11.9. The molecule has 0 spiro atoms. The van der Waals surface area contributed by atoms with Crippen molar-refractivity contribution in [1.82, 2.24) is 4.98 Å². The quantitative estimate of drug-likeness (QED) is 0.674. The van der Waals surface area contributed by atoms with Gasteiger partial charge in [-0.1, -0.05) is 32.1 Å². The number of fused-ring (bicyclic) bond motifs is 1. The van der Waals surface area contributed by atoms with Crippen molar-refractivity contribution >= 4 is 22.8 Å². The number of hydrogen-bond acceptors (Lipinski definition) is 5. The van der Waals surface area contributed by atoms with Gasteiger partial charge in [-0.2, -0.15) is 4.98 Å². The summed E-state index contributed by atoms with van der Waals surface area (Å²) in [7, 11) is 0. The van der Waals surface area contributed by atoms with E-state index < -0.39 is 4.92 Å². The summed E-state index contributed by atoms with van der Waals surface area (Å²) in [5.74, 6) is 0. The molecular weight excluding hydrogens is 270 g/mol. The number of anilines is 1. The highest BCUT2D eigenvalue weighted by Crippen LogP contribution is 2.25. The summed E-state index contributed by atoms with van der Waals surface area (Å²) in [6, 6.07) is 5.34. The SMILES string of the molecule is O=[N+]([O-])c1ccc2oc(NC3CCCCCCC3)nc2c1. The summed E-state index contributed by atoms with van der Waals surface area (Å²) in [6.07, 6.45) is 8.61. The van der Waals surface area contributed by atoms with Gasteiger partial charge in [-0.25, -0.2) is 0 Å².